The van der Waals surface area contributed by atoms with E-state index in [1.165, 1.54) is 6.08 Å². The Kier molecular flexibility index (Phi) is 9.77. The first-order chi connectivity index (χ1) is 17.1. The third kappa shape index (κ3) is 7.94. The average Bonchev–Trinajstić information content (AvgIpc) is 2.90. The van der Waals surface area contributed by atoms with Gasteiger partial charge in [-0.3, -0.25) is 10.3 Å². The molecule has 1 N–H and O–H groups in total. The zero-order chi connectivity index (χ0) is 24.9. The van der Waals surface area contributed by atoms with Gasteiger partial charge in [0.15, 0.2) is 0 Å². The normalized spacial score (nSPS) is 11.2. The lowest BCUT2D eigenvalue weighted by molar-refractivity contribution is -0.137. The first-order valence-electron chi connectivity index (χ1n) is 11.1. The minimum atomic E-state index is -0.399. The molecule has 0 aliphatic rings. The maximum atomic E-state index is 11.5. The van der Waals surface area contributed by atoms with Crippen LogP contribution in [0.5, 0.6) is 17.2 Å². The van der Waals surface area contributed by atoms with E-state index in [9.17, 15) is 4.79 Å². The van der Waals surface area contributed by atoms with E-state index in [0.717, 1.165) is 16.7 Å². The number of rotatable bonds is 12. The highest BCUT2D eigenvalue weighted by Gasteiger charge is 2.06. The van der Waals surface area contributed by atoms with Crippen LogP contribution >= 0.6 is 0 Å². The van der Waals surface area contributed by atoms with E-state index in [1.807, 2.05) is 66.7 Å². The second-order valence-corrected chi connectivity index (χ2v) is 7.24. The molecule has 0 aliphatic carbocycles. The summed E-state index contributed by atoms with van der Waals surface area (Å²) in [6, 6.07) is 22.8. The molecule has 0 heterocycles. The number of esters is 1. The van der Waals surface area contributed by atoms with Crippen molar-refractivity contribution >= 4 is 17.7 Å². The molecular formula is C28H29NO6. The fourth-order valence-electron chi connectivity index (χ4n) is 3.10. The number of hydrogen-bond donors (Lipinski definition) is 1. The summed E-state index contributed by atoms with van der Waals surface area (Å²) in [5.41, 5.74) is 6.20. The van der Waals surface area contributed by atoms with Crippen molar-refractivity contribution < 1.29 is 28.6 Å². The van der Waals surface area contributed by atoms with Gasteiger partial charge in [0, 0.05) is 23.3 Å². The van der Waals surface area contributed by atoms with E-state index in [1.54, 1.807) is 39.5 Å². The van der Waals surface area contributed by atoms with Gasteiger partial charge in [-0.15, -0.1) is 0 Å². The van der Waals surface area contributed by atoms with E-state index < -0.39 is 5.97 Å². The third-order valence-electron chi connectivity index (χ3n) is 4.83. The van der Waals surface area contributed by atoms with Crippen molar-refractivity contribution in [1.29, 1.82) is 0 Å². The lowest BCUT2D eigenvalue weighted by Gasteiger charge is -2.11. The van der Waals surface area contributed by atoms with E-state index in [0.29, 0.717) is 36.2 Å². The van der Waals surface area contributed by atoms with Crippen LogP contribution in [0.15, 0.2) is 85.1 Å². The van der Waals surface area contributed by atoms with Gasteiger partial charge in [0.2, 0.25) is 0 Å². The molecule has 0 aliphatic heterocycles. The predicted octanol–water partition coefficient (Wildman–Crippen LogP) is 5.38. The van der Waals surface area contributed by atoms with Crippen LogP contribution in [0, 0.1) is 0 Å². The molecule has 7 heteroatoms. The van der Waals surface area contributed by atoms with Gasteiger partial charge in [0.05, 0.1) is 20.8 Å². The van der Waals surface area contributed by atoms with Gasteiger partial charge in [-0.25, -0.2) is 4.79 Å². The Labute approximate surface area is 205 Å². The number of carbonyl (C=O) groups excluding carboxylic acids is 1. The van der Waals surface area contributed by atoms with Crippen LogP contribution in [0.2, 0.25) is 0 Å². The van der Waals surface area contributed by atoms with E-state index in [-0.39, 0.29) is 0 Å². The summed E-state index contributed by atoms with van der Waals surface area (Å²) in [6.07, 6.45) is 4.63. The molecule has 0 bridgehead atoms. The van der Waals surface area contributed by atoms with Gasteiger partial charge in [0.1, 0.15) is 35.8 Å². The van der Waals surface area contributed by atoms with Crippen LogP contribution in [-0.2, 0) is 21.0 Å². The number of benzene rings is 3. The lowest BCUT2D eigenvalue weighted by atomic mass is 10.1. The van der Waals surface area contributed by atoms with E-state index in [4.69, 9.17) is 23.8 Å². The molecule has 0 amide bonds. The summed E-state index contributed by atoms with van der Waals surface area (Å²) in [5, 5.41) is 0. The second-order valence-electron chi connectivity index (χ2n) is 7.24. The molecule has 3 aromatic carbocycles. The highest BCUT2D eigenvalue weighted by atomic mass is 16.6. The first kappa shape index (κ1) is 25.4. The van der Waals surface area contributed by atoms with Crippen molar-refractivity contribution in [2.45, 2.75) is 13.5 Å². The van der Waals surface area contributed by atoms with Gasteiger partial charge in [-0.2, -0.15) is 0 Å². The third-order valence-corrected chi connectivity index (χ3v) is 4.83. The SMILES string of the molecule is CCOC(=O)C=Cc1ccc(OCc2ccc(OC=C(NOC)c3ccccc3)cc2)cc1OC. The largest absolute Gasteiger partial charge is 0.496 e. The number of carbonyl (C=O) groups is 1. The Balaban J connectivity index is 1.59. The molecule has 35 heavy (non-hydrogen) atoms. The molecule has 0 atom stereocenters. The van der Waals surface area contributed by atoms with Crippen molar-refractivity contribution in [2.75, 3.05) is 20.8 Å². The summed E-state index contributed by atoms with van der Waals surface area (Å²) < 4.78 is 22.0. The monoisotopic (exact) mass is 475 g/mol. The van der Waals surface area contributed by atoms with Crippen molar-refractivity contribution in [2.24, 2.45) is 0 Å². The van der Waals surface area contributed by atoms with Crippen LogP contribution < -0.4 is 19.7 Å². The van der Waals surface area contributed by atoms with Crippen LogP contribution in [0.3, 0.4) is 0 Å². The molecule has 0 fully saturated rings. The van der Waals surface area contributed by atoms with Crippen LogP contribution in [0.1, 0.15) is 23.6 Å². The van der Waals surface area contributed by atoms with Gasteiger partial charge >= 0.3 is 5.97 Å². The van der Waals surface area contributed by atoms with Gasteiger partial charge in [-0.1, -0.05) is 42.5 Å². The maximum absolute atomic E-state index is 11.5. The summed E-state index contributed by atoms with van der Waals surface area (Å²) in [7, 11) is 3.12. The van der Waals surface area contributed by atoms with Gasteiger partial charge < -0.3 is 18.9 Å². The average molecular weight is 476 g/mol. The molecule has 0 saturated carbocycles. The summed E-state index contributed by atoms with van der Waals surface area (Å²) in [6.45, 7) is 2.47. The van der Waals surface area contributed by atoms with E-state index >= 15 is 0 Å². The molecule has 0 aromatic heterocycles. The molecule has 0 spiro atoms. The van der Waals surface area contributed by atoms with Crippen molar-refractivity contribution in [3.05, 3.63) is 102 Å². The molecule has 3 rings (SSSR count). The van der Waals surface area contributed by atoms with Crippen LogP contribution in [0.25, 0.3) is 11.8 Å². The summed E-state index contributed by atoms with van der Waals surface area (Å²) in [4.78, 5) is 16.6. The Hall–Kier alpha value is -4.23. The molecule has 7 nitrogen and oxygen atoms in total. The molecular weight excluding hydrogens is 446 g/mol. The fourth-order valence-corrected chi connectivity index (χ4v) is 3.10. The molecule has 0 saturated heterocycles. The number of hydroxylamine groups is 1. The summed E-state index contributed by atoms with van der Waals surface area (Å²) in [5.74, 6) is 1.53. The Morgan fingerprint density at radius 3 is 2.37 bits per heavy atom. The van der Waals surface area contributed by atoms with E-state index in [2.05, 4.69) is 5.48 Å². The van der Waals surface area contributed by atoms with Gasteiger partial charge in [-0.05, 0) is 42.8 Å². The zero-order valence-electron chi connectivity index (χ0n) is 20.0. The molecule has 182 valence electrons. The quantitative estimate of drug-likeness (QED) is 0.163. The number of hydrogen-bond acceptors (Lipinski definition) is 7. The fraction of sp³-hybridized carbons (Fsp3) is 0.179. The smallest absolute Gasteiger partial charge is 0.330 e. The Morgan fingerprint density at radius 1 is 0.943 bits per heavy atom. The number of methoxy groups -OCH3 is 1. The molecule has 0 radical (unpaired) electrons. The Bertz CT molecular complexity index is 1140. The first-order valence-corrected chi connectivity index (χ1v) is 11.1. The topological polar surface area (TPSA) is 75.3 Å². The van der Waals surface area contributed by atoms with Crippen molar-refractivity contribution in [3.8, 4) is 17.2 Å². The maximum Gasteiger partial charge on any atom is 0.330 e. The summed E-state index contributed by atoms with van der Waals surface area (Å²) >= 11 is 0. The molecule has 3 aromatic rings. The lowest BCUT2D eigenvalue weighted by Crippen LogP contribution is -2.11. The highest BCUT2D eigenvalue weighted by Crippen LogP contribution is 2.27. The van der Waals surface area contributed by atoms with Crippen molar-refractivity contribution in [1.82, 2.24) is 5.48 Å². The minimum Gasteiger partial charge on any atom is -0.496 e. The highest BCUT2D eigenvalue weighted by molar-refractivity contribution is 5.87. The predicted molar refractivity (Wildman–Crippen MR) is 135 cm³/mol. The van der Waals surface area contributed by atoms with Gasteiger partial charge in [0.25, 0.3) is 0 Å². The second kappa shape index (κ2) is 13.5. The van der Waals surface area contributed by atoms with Crippen molar-refractivity contribution in [3.63, 3.8) is 0 Å². The number of ether oxygens (including phenoxy) is 4. The number of nitrogens with one attached hydrogen (secondary N) is 1. The zero-order valence-corrected chi connectivity index (χ0v) is 20.0. The standard InChI is InChI=1S/C28H29NO6/c1-4-33-28(30)17-13-23-12-16-25(18-27(23)31-2)34-19-21-10-14-24(15-11-21)35-20-26(29-32-3)22-8-6-5-7-9-22/h5-18,20,29H,4,19H2,1-3H3. The molecule has 0 unspecified atom stereocenters. The van der Waals surface area contributed by atoms with Crippen LogP contribution in [-0.4, -0.2) is 26.8 Å². The van der Waals surface area contributed by atoms with Crippen LogP contribution in [0.4, 0.5) is 0 Å². The Morgan fingerprint density at radius 2 is 1.69 bits per heavy atom. The minimum absolute atomic E-state index is 0.330.